The van der Waals surface area contributed by atoms with Crippen LogP contribution in [0.2, 0.25) is 0 Å². The van der Waals surface area contributed by atoms with Crippen LogP contribution in [0.5, 0.6) is 0 Å². The Hall–Kier alpha value is -2.90. The number of pyridine rings is 1. The van der Waals surface area contributed by atoms with Crippen molar-refractivity contribution in [3.63, 3.8) is 0 Å². The molecule has 0 aliphatic carbocycles. The highest BCUT2D eigenvalue weighted by Gasteiger charge is 2.22. The van der Waals surface area contributed by atoms with Gasteiger partial charge in [0.15, 0.2) is 5.82 Å². The van der Waals surface area contributed by atoms with Gasteiger partial charge < -0.3 is 14.7 Å². The standard InChI is InChI=1S/C17H21N5O3/c1-12-10-15(21-25-12)20-17(24)16(23)19-11-13-4-8-22(9-5-13)14-2-6-18-7-3-14/h2-3,6-7,10,13H,4-5,8-9,11H2,1H3,(H,19,23)(H,20,21,24). The van der Waals surface area contributed by atoms with E-state index in [1.807, 2.05) is 12.1 Å². The highest BCUT2D eigenvalue weighted by Crippen LogP contribution is 2.22. The Morgan fingerprint density at radius 1 is 1.24 bits per heavy atom. The summed E-state index contributed by atoms with van der Waals surface area (Å²) in [7, 11) is 0. The van der Waals surface area contributed by atoms with Crippen molar-refractivity contribution in [2.45, 2.75) is 19.8 Å². The molecule has 2 amide bonds. The Morgan fingerprint density at radius 3 is 2.60 bits per heavy atom. The summed E-state index contributed by atoms with van der Waals surface area (Å²) in [5, 5.41) is 8.73. The number of carbonyl (C=O) groups is 2. The van der Waals surface area contributed by atoms with Crippen LogP contribution >= 0.6 is 0 Å². The van der Waals surface area contributed by atoms with Crippen molar-refractivity contribution in [2.24, 2.45) is 5.92 Å². The van der Waals surface area contributed by atoms with Crippen LogP contribution < -0.4 is 15.5 Å². The van der Waals surface area contributed by atoms with Crippen molar-refractivity contribution < 1.29 is 14.1 Å². The Bertz CT molecular complexity index is 723. The molecule has 2 aromatic heterocycles. The number of amides is 2. The van der Waals surface area contributed by atoms with Crippen molar-refractivity contribution in [2.75, 3.05) is 29.9 Å². The maximum Gasteiger partial charge on any atom is 0.314 e. The minimum Gasteiger partial charge on any atom is -0.371 e. The zero-order valence-corrected chi connectivity index (χ0v) is 14.1. The quantitative estimate of drug-likeness (QED) is 0.813. The van der Waals surface area contributed by atoms with E-state index < -0.39 is 11.8 Å². The van der Waals surface area contributed by atoms with Crippen LogP contribution in [0, 0.1) is 12.8 Å². The highest BCUT2D eigenvalue weighted by molar-refractivity contribution is 6.39. The summed E-state index contributed by atoms with van der Waals surface area (Å²) in [5.41, 5.74) is 1.17. The topological polar surface area (TPSA) is 100 Å². The number of nitrogens with one attached hydrogen (secondary N) is 2. The Balaban J connectivity index is 1.40. The SMILES string of the molecule is Cc1cc(NC(=O)C(=O)NCC2CCN(c3ccncc3)CC2)no1. The average Bonchev–Trinajstić information content (AvgIpc) is 3.05. The second-order valence-electron chi connectivity index (χ2n) is 6.12. The van der Waals surface area contributed by atoms with Gasteiger partial charge in [-0.2, -0.15) is 0 Å². The zero-order chi connectivity index (χ0) is 17.6. The van der Waals surface area contributed by atoms with Gasteiger partial charge in [0.2, 0.25) is 0 Å². The number of hydrogen-bond acceptors (Lipinski definition) is 6. The average molecular weight is 343 g/mol. The van der Waals surface area contributed by atoms with Crippen molar-refractivity contribution in [3.05, 3.63) is 36.4 Å². The Labute approximate surface area is 145 Å². The van der Waals surface area contributed by atoms with Crippen LogP contribution in [0.15, 0.2) is 35.1 Å². The molecular weight excluding hydrogens is 322 g/mol. The van der Waals surface area contributed by atoms with Gasteiger partial charge in [-0.3, -0.25) is 19.9 Å². The number of hydrogen-bond donors (Lipinski definition) is 2. The number of rotatable bonds is 4. The Morgan fingerprint density at radius 2 is 1.96 bits per heavy atom. The molecule has 25 heavy (non-hydrogen) atoms. The summed E-state index contributed by atoms with van der Waals surface area (Å²) in [6, 6.07) is 5.55. The molecule has 8 heteroatoms. The van der Waals surface area contributed by atoms with Gasteiger partial charge in [0.05, 0.1) is 0 Å². The molecule has 0 aromatic carbocycles. The third kappa shape index (κ3) is 4.56. The molecule has 0 bridgehead atoms. The van der Waals surface area contributed by atoms with Gasteiger partial charge in [0.25, 0.3) is 0 Å². The van der Waals surface area contributed by atoms with Crippen LogP contribution in [-0.2, 0) is 9.59 Å². The molecule has 0 saturated carbocycles. The molecule has 132 valence electrons. The summed E-state index contributed by atoms with van der Waals surface area (Å²) in [5.74, 6) is -0.219. The number of piperidine rings is 1. The summed E-state index contributed by atoms with van der Waals surface area (Å²) < 4.78 is 4.84. The van der Waals surface area contributed by atoms with Crippen LogP contribution in [0.25, 0.3) is 0 Å². The van der Waals surface area contributed by atoms with E-state index in [-0.39, 0.29) is 5.82 Å². The number of aryl methyl sites for hydroxylation is 1. The van der Waals surface area contributed by atoms with E-state index in [1.54, 1.807) is 25.4 Å². The van der Waals surface area contributed by atoms with E-state index in [4.69, 9.17) is 4.52 Å². The number of nitrogens with zero attached hydrogens (tertiary/aromatic N) is 3. The lowest BCUT2D eigenvalue weighted by molar-refractivity contribution is -0.136. The molecule has 1 aliphatic heterocycles. The fraction of sp³-hybridized carbons (Fsp3) is 0.412. The van der Waals surface area contributed by atoms with Crippen LogP contribution in [-0.4, -0.2) is 41.6 Å². The predicted molar refractivity (Wildman–Crippen MR) is 92.1 cm³/mol. The zero-order valence-electron chi connectivity index (χ0n) is 14.1. The molecule has 0 atom stereocenters. The van der Waals surface area contributed by atoms with Gasteiger partial charge in [0.1, 0.15) is 5.76 Å². The molecule has 1 saturated heterocycles. The number of anilines is 2. The van der Waals surface area contributed by atoms with Gasteiger partial charge in [-0.25, -0.2) is 0 Å². The molecule has 1 aliphatic rings. The Kier molecular flexibility index (Phi) is 5.27. The summed E-state index contributed by atoms with van der Waals surface area (Å²) in [4.78, 5) is 30.0. The van der Waals surface area contributed by atoms with Crippen molar-refractivity contribution in [1.29, 1.82) is 0 Å². The summed E-state index contributed by atoms with van der Waals surface area (Å²) in [6.07, 6.45) is 5.51. The van der Waals surface area contributed by atoms with Gasteiger partial charge in [-0.1, -0.05) is 5.16 Å². The fourth-order valence-corrected chi connectivity index (χ4v) is 2.87. The normalized spacial score (nSPS) is 15.0. The van der Waals surface area contributed by atoms with E-state index in [9.17, 15) is 9.59 Å². The molecule has 0 radical (unpaired) electrons. The number of carbonyl (C=O) groups excluding carboxylic acids is 2. The molecule has 3 heterocycles. The molecule has 1 fully saturated rings. The van der Waals surface area contributed by atoms with Crippen molar-refractivity contribution in [3.8, 4) is 0 Å². The first kappa shape index (κ1) is 16.9. The molecule has 0 unspecified atom stereocenters. The molecule has 8 nitrogen and oxygen atoms in total. The smallest absolute Gasteiger partial charge is 0.314 e. The largest absolute Gasteiger partial charge is 0.371 e. The second kappa shape index (κ2) is 7.78. The monoisotopic (exact) mass is 343 g/mol. The second-order valence-corrected chi connectivity index (χ2v) is 6.12. The number of aromatic nitrogens is 2. The maximum absolute atomic E-state index is 11.9. The fourth-order valence-electron chi connectivity index (χ4n) is 2.87. The highest BCUT2D eigenvalue weighted by atomic mass is 16.5. The molecular formula is C17H21N5O3. The van der Waals surface area contributed by atoms with E-state index in [0.29, 0.717) is 18.2 Å². The maximum atomic E-state index is 11.9. The third-order valence-corrected chi connectivity index (χ3v) is 4.27. The lowest BCUT2D eigenvalue weighted by Crippen LogP contribution is -2.41. The van der Waals surface area contributed by atoms with Crippen molar-refractivity contribution in [1.82, 2.24) is 15.5 Å². The summed E-state index contributed by atoms with van der Waals surface area (Å²) in [6.45, 7) is 4.05. The van der Waals surface area contributed by atoms with E-state index in [1.165, 1.54) is 5.69 Å². The van der Waals surface area contributed by atoms with Crippen LogP contribution in [0.4, 0.5) is 11.5 Å². The van der Waals surface area contributed by atoms with Gasteiger partial charge in [0, 0.05) is 43.8 Å². The van der Waals surface area contributed by atoms with E-state index in [2.05, 4.69) is 25.7 Å². The van der Waals surface area contributed by atoms with E-state index >= 15 is 0 Å². The first-order valence-electron chi connectivity index (χ1n) is 8.29. The molecule has 2 N–H and O–H groups in total. The van der Waals surface area contributed by atoms with Crippen LogP contribution in [0.3, 0.4) is 0 Å². The predicted octanol–water partition coefficient (Wildman–Crippen LogP) is 1.35. The van der Waals surface area contributed by atoms with Crippen LogP contribution in [0.1, 0.15) is 18.6 Å². The minimum absolute atomic E-state index is 0.239. The van der Waals surface area contributed by atoms with E-state index in [0.717, 1.165) is 25.9 Å². The van der Waals surface area contributed by atoms with Gasteiger partial charge >= 0.3 is 11.8 Å². The minimum atomic E-state index is -0.734. The van der Waals surface area contributed by atoms with Gasteiger partial charge in [-0.05, 0) is 37.8 Å². The lowest BCUT2D eigenvalue weighted by atomic mass is 9.96. The third-order valence-electron chi connectivity index (χ3n) is 4.27. The first-order valence-corrected chi connectivity index (χ1v) is 8.29. The molecule has 3 rings (SSSR count). The molecule has 0 spiro atoms. The lowest BCUT2D eigenvalue weighted by Gasteiger charge is -2.33. The molecule has 2 aromatic rings. The first-order chi connectivity index (χ1) is 12.1. The summed E-state index contributed by atoms with van der Waals surface area (Å²) >= 11 is 0. The van der Waals surface area contributed by atoms with Gasteiger partial charge in [-0.15, -0.1) is 0 Å². The van der Waals surface area contributed by atoms with Crippen molar-refractivity contribution >= 4 is 23.3 Å².